The topological polar surface area (TPSA) is 38.9 Å². The third kappa shape index (κ3) is 1.69. The standard InChI is InChI=1S/C10H8Cl2N2/c11-7-2-9(12)8-1-6(4-13)5-14-10(8)3-7/h1-3,5H,4,13H2. The second-order valence-corrected chi connectivity index (χ2v) is 3.85. The molecule has 2 rings (SSSR count). The van der Waals surface area contributed by atoms with Gasteiger partial charge in [0.05, 0.1) is 10.5 Å². The van der Waals surface area contributed by atoms with Crippen LogP contribution in [0.3, 0.4) is 0 Å². The van der Waals surface area contributed by atoms with Gasteiger partial charge >= 0.3 is 0 Å². The van der Waals surface area contributed by atoms with Gasteiger partial charge in [0.1, 0.15) is 0 Å². The van der Waals surface area contributed by atoms with Crippen molar-refractivity contribution in [1.29, 1.82) is 0 Å². The number of pyridine rings is 1. The first-order valence-electron chi connectivity index (χ1n) is 4.14. The van der Waals surface area contributed by atoms with Gasteiger partial charge in [-0.15, -0.1) is 0 Å². The maximum absolute atomic E-state index is 6.03. The summed E-state index contributed by atoms with van der Waals surface area (Å²) in [5, 5.41) is 2.09. The first kappa shape index (κ1) is 9.71. The Balaban J connectivity index is 2.75. The summed E-state index contributed by atoms with van der Waals surface area (Å²) in [7, 11) is 0. The van der Waals surface area contributed by atoms with Gasteiger partial charge in [0.15, 0.2) is 0 Å². The van der Waals surface area contributed by atoms with Crippen LogP contribution < -0.4 is 5.73 Å². The van der Waals surface area contributed by atoms with Crippen LogP contribution in [0.1, 0.15) is 5.56 Å². The van der Waals surface area contributed by atoms with Gasteiger partial charge in [-0.25, -0.2) is 0 Å². The Morgan fingerprint density at radius 3 is 2.71 bits per heavy atom. The molecule has 0 unspecified atom stereocenters. The molecule has 0 amide bonds. The monoisotopic (exact) mass is 226 g/mol. The summed E-state index contributed by atoms with van der Waals surface area (Å²) in [4.78, 5) is 4.22. The van der Waals surface area contributed by atoms with Crippen LogP contribution in [-0.4, -0.2) is 4.98 Å². The number of aromatic nitrogens is 1. The van der Waals surface area contributed by atoms with Crippen molar-refractivity contribution in [2.24, 2.45) is 5.73 Å². The van der Waals surface area contributed by atoms with E-state index in [-0.39, 0.29) is 0 Å². The molecule has 4 heteroatoms. The lowest BCUT2D eigenvalue weighted by Crippen LogP contribution is -1.96. The number of nitrogens with zero attached hydrogens (tertiary/aromatic N) is 1. The molecule has 0 bridgehead atoms. The van der Waals surface area contributed by atoms with Crippen LogP contribution in [0.2, 0.25) is 10.0 Å². The number of nitrogens with two attached hydrogens (primary N) is 1. The summed E-state index contributed by atoms with van der Waals surface area (Å²) in [6, 6.07) is 5.41. The summed E-state index contributed by atoms with van der Waals surface area (Å²) in [5.74, 6) is 0. The van der Waals surface area contributed by atoms with Crippen LogP contribution in [0.15, 0.2) is 24.4 Å². The van der Waals surface area contributed by atoms with Crippen molar-refractivity contribution in [1.82, 2.24) is 4.98 Å². The highest BCUT2D eigenvalue weighted by atomic mass is 35.5. The minimum absolute atomic E-state index is 0.460. The van der Waals surface area contributed by atoms with Crippen LogP contribution in [0.25, 0.3) is 10.9 Å². The lowest BCUT2D eigenvalue weighted by atomic mass is 10.1. The molecule has 0 aliphatic rings. The first-order chi connectivity index (χ1) is 6.70. The van der Waals surface area contributed by atoms with E-state index in [1.807, 2.05) is 6.07 Å². The van der Waals surface area contributed by atoms with E-state index in [4.69, 9.17) is 28.9 Å². The van der Waals surface area contributed by atoms with Crippen LogP contribution in [-0.2, 0) is 6.54 Å². The zero-order chi connectivity index (χ0) is 10.1. The van der Waals surface area contributed by atoms with Crippen molar-refractivity contribution in [2.45, 2.75) is 6.54 Å². The Labute approximate surface area is 91.6 Å². The number of hydrogen-bond donors (Lipinski definition) is 1. The lowest BCUT2D eigenvalue weighted by Gasteiger charge is -2.03. The summed E-state index contributed by atoms with van der Waals surface area (Å²) in [6.07, 6.45) is 1.73. The average Bonchev–Trinajstić information content (AvgIpc) is 2.17. The van der Waals surface area contributed by atoms with Crippen molar-refractivity contribution in [3.05, 3.63) is 40.0 Å². The predicted molar refractivity (Wildman–Crippen MR) is 59.7 cm³/mol. The largest absolute Gasteiger partial charge is 0.326 e. The number of benzene rings is 1. The molecular formula is C10H8Cl2N2. The molecule has 72 valence electrons. The highest BCUT2D eigenvalue weighted by Crippen LogP contribution is 2.26. The average molecular weight is 227 g/mol. The molecule has 0 aliphatic heterocycles. The molecule has 2 N–H and O–H groups in total. The van der Waals surface area contributed by atoms with Crippen molar-refractivity contribution in [3.63, 3.8) is 0 Å². The second-order valence-electron chi connectivity index (χ2n) is 3.00. The van der Waals surface area contributed by atoms with E-state index in [2.05, 4.69) is 4.98 Å². The Morgan fingerprint density at radius 2 is 2.00 bits per heavy atom. The van der Waals surface area contributed by atoms with E-state index in [0.717, 1.165) is 16.5 Å². The van der Waals surface area contributed by atoms with Crippen LogP contribution in [0.5, 0.6) is 0 Å². The molecule has 2 nitrogen and oxygen atoms in total. The fourth-order valence-corrected chi connectivity index (χ4v) is 1.84. The molecule has 14 heavy (non-hydrogen) atoms. The highest BCUT2D eigenvalue weighted by Gasteiger charge is 2.03. The van der Waals surface area contributed by atoms with Gasteiger partial charge in [-0.1, -0.05) is 23.2 Å². The molecular weight excluding hydrogens is 219 g/mol. The summed E-state index contributed by atoms with van der Waals surface area (Å²) < 4.78 is 0. The zero-order valence-electron chi connectivity index (χ0n) is 7.30. The van der Waals surface area contributed by atoms with E-state index in [9.17, 15) is 0 Å². The fourth-order valence-electron chi connectivity index (χ4n) is 1.31. The van der Waals surface area contributed by atoms with E-state index < -0.39 is 0 Å². The summed E-state index contributed by atoms with van der Waals surface area (Å²) >= 11 is 11.9. The molecule has 1 aromatic carbocycles. The van der Waals surface area contributed by atoms with Gasteiger partial charge in [0, 0.05) is 23.2 Å². The molecule has 0 saturated heterocycles. The second kappa shape index (κ2) is 3.73. The van der Waals surface area contributed by atoms with Gasteiger partial charge in [-0.05, 0) is 23.8 Å². The predicted octanol–water partition coefficient (Wildman–Crippen LogP) is 3.00. The molecule has 0 atom stereocenters. The molecule has 0 aliphatic carbocycles. The van der Waals surface area contributed by atoms with Gasteiger partial charge in [0.2, 0.25) is 0 Å². The Bertz CT molecular complexity index is 483. The summed E-state index contributed by atoms with van der Waals surface area (Å²) in [5.41, 5.74) is 7.26. The van der Waals surface area contributed by atoms with Crippen LogP contribution >= 0.6 is 23.2 Å². The Kier molecular flexibility index (Phi) is 2.59. The molecule has 0 radical (unpaired) electrons. The van der Waals surface area contributed by atoms with Crippen molar-refractivity contribution in [3.8, 4) is 0 Å². The van der Waals surface area contributed by atoms with Gasteiger partial charge in [0.25, 0.3) is 0 Å². The van der Waals surface area contributed by atoms with Crippen molar-refractivity contribution < 1.29 is 0 Å². The number of halogens is 2. The highest BCUT2D eigenvalue weighted by molar-refractivity contribution is 6.38. The maximum atomic E-state index is 6.03. The minimum Gasteiger partial charge on any atom is -0.326 e. The molecule has 0 saturated carbocycles. The quantitative estimate of drug-likeness (QED) is 0.813. The third-order valence-corrected chi connectivity index (χ3v) is 2.54. The molecule has 0 fully saturated rings. The van der Waals surface area contributed by atoms with Gasteiger partial charge < -0.3 is 5.73 Å². The molecule has 1 heterocycles. The van der Waals surface area contributed by atoms with E-state index >= 15 is 0 Å². The number of fused-ring (bicyclic) bond motifs is 1. The Hall–Kier alpha value is -0.830. The van der Waals surface area contributed by atoms with Crippen LogP contribution in [0, 0.1) is 0 Å². The lowest BCUT2D eigenvalue weighted by molar-refractivity contribution is 1.06. The Morgan fingerprint density at radius 1 is 1.21 bits per heavy atom. The van der Waals surface area contributed by atoms with Gasteiger partial charge in [-0.3, -0.25) is 4.98 Å². The summed E-state index contributed by atoms with van der Waals surface area (Å²) in [6.45, 7) is 0.460. The zero-order valence-corrected chi connectivity index (χ0v) is 8.81. The van der Waals surface area contributed by atoms with Crippen molar-refractivity contribution in [2.75, 3.05) is 0 Å². The van der Waals surface area contributed by atoms with Gasteiger partial charge in [-0.2, -0.15) is 0 Å². The number of hydrogen-bond acceptors (Lipinski definition) is 2. The number of rotatable bonds is 1. The maximum Gasteiger partial charge on any atom is 0.0731 e. The van der Waals surface area contributed by atoms with E-state index in [1.165, 1.54) is 0 Å². The smallest absolute Gasteiger partial charge is 0.0731 e. The fraction of sp³-hybridized carbons (Fsp3) is 0.100. The van der Waals surface area contributed by atoms with E-state index in [0.29, 0.717) is 16.6 Å². The molecule has 2 aromatic rings. The van der Waals surface area contributed by atoms with Crippen molar-refractivity contribution >= 4 is 34.1 Å². The van der Waals surface area contributed by atoms with Crippen LogP contribution in [0.4, 0.5) is 0 Å². The third-order valence-electron chi connectivity index (χ3n) is 2.01. The molecule has 0 spiro atoms. The van der Waals surface area contributed by atoms with E-state index in [1.54, 1.807) is 18.3 Å². The molecule has 1 aromatic heterocycles. The normalized spacial score (nSPS) is 10.8. The first-order valence-corrected chi connectivity index (χ1v) is 4.90. The SMILES string of the molecule is NCc1cnc2cc(Cl)cc(Cl)c2c1. The minimum atomic E-state index is 0.460.